The summed E-state index contributed by atoms with van der Waals surface area (Å²) in [5.41, 5.74) is 15.0. The fourth-order valence-electron chi connectivity index (χ4n) is 6.10. The number of hydrogen-bond acceptors (Lipinski definition) is 2. The van der Waals surface area contributed by atoms with Gasteiger partial charge in [-0.3, -0.25) is 0 Å². The molecule has 0 spiro atoms. The van der Waals surface area contributed by atoms with Crippen molar-refractivity contribution >= 4 is 49.4 Å². The van der Waals surface area contributed by atoms with Crippen LogP contribution < -0.4 is 11.1 Å². The first-order valence-electron chi connectivity index (χ1n) is 15.3. The van der Waals surface area contributed by atoms with Gasteiger partial charge in [-0.2, -0.15) is 0 Å². The highest BCUT2D eigenvalue weighted by Gasteiger charge is 2.16. The van der Waals surface area contributed by atoms with Crippen molar-refractivity contribution in [2.45, 2.75) is 6.92 Å². The van der Waals surface area contributed by atoms with Crippen molar-refractivity contribution in [2.75, 3.05) is 11.1 Å². The number of hydrogen-bond donors (Lipinski definition) is 2. The second-order valence-corrected chi connectivity index (χ2v) is 11.3. The van der Waals surface area contributed by atoms with Crippen LogP contribution in [0.3, 0.4) is 0 Å². The summed E-state index contributed by atoms with van der Waals surface area (Å²) in [4.78, 5) is 0. The number of para-hydroxylation sites is 3. The van der Waals surface area contributed by atoms with E-state index in [9.17, 15) is 0 Å². The summed E-state index contributed by atoms with van der Waals surface area (Å²) in [7, 11) is 0. The van der Waals surface area contributed by atoms with Crippen LogP contribution in [-0.4, -0.2) is 0 Å². The Morgan fingerprint density at radius 2 is 0.911 bits per heavy atom. The Balaban J connectivity index is 0.000000195. The lowest BCUT2D eigenvalue weighted by Gasteiger charge is -2.18. The average molecular weight is 579 g/mol. The third kappa shape index (κ3) is 5.74. The topological polar surface area (TPSA) is 38.0 Å². The van der Waals surface area contributed by atoms with Crippen molar-refractivity contribution in [2.24, 2.45) is 0 Å². The monoisotopic (exact) mass is 578 g/mol. The van der Waals surface area contributed by atoms with Crippen LogP contribution in [-0.2, 0) is 0 Å². The Labute approximate surface area is 264 Å². The van der Waals surface area contributed by atoms with Gasteiger partial charge in [-0.1, -0.05) is 145 Å². The molecule has 8 rings (SSSR count). The van der Waals surface area contributed by atoms with E-state index in [0.717, 1.165) is 17.1 Å². The highest BCUT2D eigenvalue weighted by atomic mass is 14.9. The summed E-state index contributed by atoms with van der Waals surface area (Å²) in [5, 5.41) is 11.0. The van der Waals surface area contributed by atoms with E-state index in [-0.39, 0.29) is 0 Å². The maximum absolute atomic E-state index is 5.81. The molecule has 0 fully saturated rings. The van der Waals surface area contributed by atoms with Crippen LogP contribution >= 0.6 is 0 Å². The predicted molar refractivity (Wildman–Crippen MR) is 195 cm³/mol. The lowest BCUT2D eigenvalue weighted by Crippen LogP contribution is -1.94. The molecule has 0 saturated heterocycles. The highest BCUT2D eigenvalue weighted by Crippen LogP contribution is 2.44. The van der Waals surface area contributed by atoms with E-state index < -0.39 is 0 Å². The molecule has 0 radical (unpaired) electrons. The van der Waals surface area contributed by atoms with Crippen LogP contribution in [0.2, 0.25) is 0 Å². The van der Waals surface area contributed by atoms with Gasteiger partial charge in [-0.15, -0.1) is 0 Å². The Bertz CT molecular complexity index is 2190. The molecule has 0 bridgehead atoms. The van der Waals surface area contributed by atoms with Gasteiger partial charge in [0.1, 0.15) is 0 Å². The minimum Gasteiger partial charge on any atom is -0.397 e. The standard InChI is InChI=1S/C31H22.C12H12N2/c1-21-14-16-23(17-15-21)30-26-10-4-6-12-28(26)31(29-13-7-5-11-27(29)30)25-19-18-22-8-2-3-9-24(22)20-25;13-11-8-4-5-9-12(11)14-10-6-2-1-3-7-10/h2-20H,1H3;1-9,14H,13H2. The first-order valence-corrected chi connectivity index (χ1v) is 15.3. The molecular weight excluding hydrogens is 544 g/mol. The Kier molecular flexibility index (Phi) is 7.70. The van der Waals surface area contributed by atoms with Crippen LogP contribution in [0.15, 0.2) is 170 Å². The number of nitrogens with one attached hydrogen (secondary N) is 1. The number of benzene rings is 8. The highest BCUT2D eigenvalue weighted by molar-refractivity contribution is 6.21. The van der Waals surface area contributed by atoms with E-state index >= 15 is 0 Å². The lowest BCUT2D eigenvalue weighted by atomic mass is 9.85. The van der Waals surface area contributed by atoms with E-state index in [1.165, 1.54) is 60.1 Å². The molecule has 3 N–H and O–H groups in total. The fraction of sp³-hybridized carbons (Fsp3) is 0.0233. The Morgan fingerprint density at radius 3 is 1.53 bits per heavy atom. The minimum atomic E-state index is 0.761. The summed E-state index contributed by atoms with van der Waals surface area (Å²) < 4.78 is 0. The zero-order chi connectivity index (χ0) is 30.6. The maximum atomic E-state index is 5.81. The first-order chi connectivity index (χ1) is 22.2. The summed E-state index contributed by atoms with van der Waals surface area (Å²) in [6, 6.07) is 59.7. The normalized spacial score (nSPS) is 10.9. The number of rotatable bonds is 4. The van der Waals surface area contributed by atoms with Crippen molar-refractivity contribution < 1.29 is 0 Å². The third-order valence-corrected chi connectivity index (χ3v) is 8.32. The summed E-state index contributed by atoms with van der Waals surface area (Å²) in [6.45, 7) is 2.14. The van der Waals surface area contributed by atoms with Crippen molar-refractivity contribution in [1.82, 2.24) is 0 Å². The number of nitrogens with two attached hydrogens (primary N) is 1. The van der Waals surface area contributed by atoms with Gasteiger partial charge in [0.15, 0.2) is 0 Å². The largest absolute Gasteiger partial charge is 0.397 e. The minimum absolute atomic E-state index is 0.761. The van der Waals surface area contributed by atoms with Gasteiger partial charge in [0.25, 0.3) is 0 Å². The Hall–Kier alpha value is -5.86. The van der Waals surface area contributed by atoms with Gasteiger partial charge in [0.2, 0.25) is 0 Å². The fourth-order valence-corrected chi connectivity index (χ4v) is 6.10. The quantitative estimate of drug-likeness (QED) is 0.161. The molecular formula is C43H34N2. The number of nitrogen functional groups attached to an aromatic ring is 1. The molecule has 216 valence electrons. The van der Waals surface area contributed by atoms with Crippen molar-refractivity contribution in [3.05, 3.63) is 175 Å². The molecule has 0 unspecified atom stereocenters. The molecule has 8 aromatic rings. The molecule has 2 nitrogen and oxygen atoms in total. The molecule has 2 heteroatoms. The van der Waals surface area contributed by atoms with E-state index in [4.69, 9.17) is 5.73 Å². The van der Waals surface area contributed by atoms with Gasteiger partial charge in [-0.05, 0) is 91.8 Å². The van der Waals surface area contributed by atoms with Crippen LogP contribution in [0.25, 0.3) is 54.6 Å². The predicted octanol–water partition coefficient (Wildman–Crippen LogP) is 11.8. The second-order valence-electron chi connectivity index (χ2n) is 11.3. The summed E-state index contributed by atoms with van der Waals surface area (Å²) in [6.07, 6.45) is 0. The molecule has 0 atom stereocenters. The molecule has 8 aromatic carbocycles. The van der Waals surface area contributed by atoms with Gasteiger partial charge in [0, 0.05) is 5.69 Å². The van der Waals surface area contributed by atoms with Crippen molar-refractivity contribution in [1.29, 1.82) is 0 Å². The summed E-state index contributed by atoms with van der Waals surface area (Å²) >= 11 is 0. The van der Waals surface area contributed by atoms with E-state index in [2.05, 4.69) is 128 Å². The van der Waals surface area contributed by atoms with Gasteiger partial charge in [-0.25, -0.2) is 0 Å². The smallest absolute Gasteiger partial charge is 0.0617 e. The van der Waals surface area contributed by atoms with E-state index in [0.29, 0.717) is 0 Å². The zero-order valence-electron chi connectivity index (χ0n) is 25.2. The molecule has 0 aliphatic carbocycles. The van der Waals surface area contributed by atoms with Crippen molar-refractivity contribution in [3.8, 4) is 22.3 Å². The maximum Gasteiger partial charge on any atom is 0.0617 e. The van der Waals surface area contributed by atoms with E-state index in [1.807, 2.05) is 54.6 Å². The first kappa shape index (κ1) is 27.9. The van der Waals surface area contributed by atoms with Crippen LogP contribution in [0, 0.1) is 6.92 Å². The number of fused-ring (bicyclic) bond motifs is 3. The third-order valence-electron chi connectivity index (χ3n) is 8.32. The Morgan fingerprint density at radius 1 is 0.422 bits per heavy atom. The average Bonchev–Trinajstić information content (AvgIpc) is 3.09. The molecule has 0 amide bonds. The molecule has 0 aliphatic rings. The SMILES string of the molecule is Cc1ccc(-c2c3ccccc3c(-c3ccc4ccccc4c3)c3ccccc23)cc1.Nc1ccccc1Nc1ccccc1. The molecule has 0 heterocycles. The molecule has 0 aliphatic heterocycles. The van der Waals surface area contributed by atoms with Crippen LogP contribution in [0.4, 0.5) is 17.1 Å². The second kappa shape index (κ2) is 12.4. The van der Waals surface area contributed by atoms with Crippen LogP contribution in [0.5, 0.6) is 0 Å². The molecule has 0 aromatic heterocycles. The van der Waals surface area contributed by atoms with Gasteiger partial charge in [0.05, 0.1) is 11.4 Å². The molecule has 0 saturated carbocycles. The number of aryl methyl sites for hydroxylation is 1. The lowest BCUT2D eigenvalue weighted by molar-refractivity contribution is 1.47. The zero-order valence-corrected chi connectivity index (χ0v) is 25.2. The van der Waals surface area contributed by atoms with Gasteiger partial charge < -0.3 is 11.1 Å². The number of anilines is 3. The summed E-state index contributed by atoms with van der Waals surface area (Å²) in [5.74, 6) is 0. The van der Waals surface area contributed by atoms with Gasteiger partial charge >= 0.3 is 0 Å². The van der Waals surface area contributed by atoms with Crippen LogP contribution in [0.1, 0.15) is 5.56 Å². The van der Waals surface area contributed by atoms with E-state index in [1.54, 1.807) is 0 Å². The molecule has 45 heavy (non-hydrogen) atoms. The van der Waals surface area contributed by atoms with Crippen molar-refractivity contribution in [3.63, 3.8) is 0 Å².